The van der Waals surface area contributed by atoms with Crippen molar-refractivity contribution >= 4 is 301 Å². The van der Waals surface area contributed by atoms with Crippen molar-refractivity contribution in [1.29, 1.82) is 0 Å². The predicted octanol–water partition coefficient (Wildman–Crippen LogP) is 35.5. The van der Waals surface area contributed by atoms with Gasteiger partial charge in [0.1, 0.15) is 16.8 Å². The Balaban J connectivity index is 0.000000100. The normalized spacial score (nSPS) is 13.0. The maximum Gasteiger partial charge on any atom is 0.236 e. The Bertz CT molecular complexity index is 11000. The standard InChI is InChI=1S/C44H23N3OS3.2C38H21N3S2/c1-2-13-25-24(12-1)36-26-14-3-6-18-30(26)47(40(36)37-28-16-5-8-20-32(28)50-43(25)37)44-45-38-27-15-4-7-19-31(27)48-41(38)39(46-44)29-17-11-23-35-42(29)51-34-22-10-9-21-33(34)49-35;2*1-2-12-22(13-3-1)33-37-34(27-18-8-11-21-30(27)43-37)40-38(39-33)41-28-19-9-6-16-25(28)31-23-14-4-5-15-24(23)36-32(35(31)41)26-17-7-10-20-29(26)42-36/h1-23H;2*1-21H/i;1D,2D,3D,12D,13D;. The molecule has 0 atom stereocenters. The molecule has 1 aliphatic rings. The van der Waals surface area contributed by atoms with E-state index >= 15 is 0 Å². The van der Waals surface area contributed by atoms with Gasteiger partial charge in [-0.05, 0) is 95.0 Å². The molecule has 0 radical (unpaired) electrons. The molecule has 19 aromatic carbocycles. The van der Waals surface area contributed by atoms with Crippen LogP contribution in [0, 0.1) is 0 Å². The fourth-order valence-corrected chi connectivity index (χ4v) is 29.7. The molecule has 12 aromatic heterocycles. The first-order chi connectivity index (χ1) is 70.1. The lowest BCUT2D eigenvalue weighted by Crippen LogP contribution is -2.04. The topological polar surface area (TPSA) is 105 Å². The minimum atomic E-state index is -0.434. The molecule has 32 rings (SSSR count). The van der Waals surface area contributed by atoms with Crippen LogP contribution in [0.2, 0.25) is 0 Å². The molecule has 0 bridgehead atoms. The number of nitrogens with zero attached hydrogens (tertiary/aromatic N) is 9. The Kier molecular flexibility index (Phi) is 16.1. The Morgan fingerprint density at radius 2 is 0.569 bits per heavy atom. The second-order valence-electron chi connectivity index (χ2n) is 34.4. The second-order valence-corrected chi connectivity index (χ2v) is 41.8. The Hall–Kier alpha value is -15.8. The molecule has 0 unspecified atom stereocenters. The van der Waals surface area contributed by atoms with Crippen molar-refractivity contribution in [2.75, 3.05) is 0 Å². The van der Waals surface area contributed by atoms with Crippen molar-refractivity contribution in [2.45, 2.75) is 19.6 Å². The lowest BCUT2D eigenvalue weighted by molar-refractivity contribution is 0.666. The van der Waals surface area contributed by atoms with Crippen LogP contribution in [-0.2, 0) is 0 Å². The van der Waals surface area contributed by atoms with E-state index < -0.39 is 18.1 Å². The molecule has 0 amide bonds. The van der Waals surface area contributed by atoms with Crippen molar-refractivity contribution in [1.82, 2.24) is 43.6 Å². The fraction of sp³-hybridized carbons (Fsp3) is 0. The van der Waals surface area contributed by atoms with Gasteiger partial charge in [0.2, 0.25) is 17.8 Å². The number of benzene rings is 19. The summed E-state index contributed by atoms with van der Waals surface area (Å²) in [5.74, 6) is 1.72. The number of furan rings is 1. The quantitative estimate of drug-likeness (QED) is 0.161. The van der Waals surface area contributed by atoms with Gasteiger partial charge >= 0.3 is 0 Å². The molecule has 31 aromatic rings. The van der Waals surface area contributed by atoms with E-state index in [1.165, 1.54) is 145 Å². The third-order valence-corrected chi connectivity index (χ3v) is 35.5. The van der Waals surface area contributed by atoms with E-state index in [2.05, 4.69) is 329 Å². The van der Waals surface area contributed by atoms with E-state index in [9.17, 15) is 0 Å². The van der Waals surface area contributed by atoms with Gasteiger partial charge in [-0.25, -0.2) is 29.9 Å². The average Bonchev–Trinajstić information content (AvgIpc) is 1.54. The van der Waals surface area contributed by atoms with Crippen LogP contribution in [0.1, 0.15) is 6.85 Å². The minimum absolute atomic E-state index is 0.0681. The summed E-state index contributed by atoms with van der Waals surface area (Å²) in [5.41, 5.74) is 14.7. The van der Waals surface area contributed by atoms with Crippen LogP contribution < -0.4 is 0 Å². The van der Waals surface area contributed by atoms with Crippen LogP contribution in [0.25, 0.3) is 273 Å². The predicted molar refractivity (Wildman–Crippen MR) is 584 cm³/mol. The van der Waals surface area contributed by atoms with Crippen molar-refractivity contribution in [3.63, 3.8) is 0 Å². The molecular formula is C120H65N9OS7. The van der Waals surface area contributed by atoms with Crippen LogP contribution >= 0.6 is 80.2 Å². The van der Waals surface area contributed by atoms with E-state index in [4.69, 9.17) is 41.2 Å². The molecule has 0 N–H and O–H groups in total. The molecule has 0 aliphatic carbocycles. The van der Waals surface area contributed by atoms with Gasteiger partial charge in [-0.1, -0.05) is 339 Å². The van der Waals surface area contributed by atoms with Crippen LogP contribution in [0.3, 0.4) is 0 Å². The van der Waals surface area contributed by atoms with E-state index in [1.807, 2.05) is 83.0 Å². The first-order valence-corrected chi connectivity index (χ1v) is 50.8. The Labute approximate surface area is 814 Å². The van der Waals surface area contributed by atoms with Gasteiger partial charge in [-0.2, -0.15) is 0 Å². The Morgan fingerprint density at radius 3 is 1.03 bits per heavy atom. The van der Waals surface area contributed by atoms with Crippen LogP contribution in [0.15, 0.2) is 418 Å². The molecular weight excluding hydrogens is 1810 g/mol. The molecule has 638 valence electrons. The summed E-state index contributed by atoms with van der Waals surface area (Å²) in [6.07, 6.45) is 0. The first-order valence-electron chi connectivity index (χ1n) is 47.6. The van der Waals surface area contributed by atoms with Crippen LogP contribution in [0.4, 0.5) is 0 Å². The number of hydrogen-bond donors (Lipinski definition) is 0. The van der Waals surface area contributed by atoms with Gasteiger partial charge in [0.05, 0.1) is 71.8 Å². The zero-order valence-electron chi connectivity index (χ0n) is 76.9. The van der Waals surface area contributed by atoms with E-state index in [1.54, 1.807) is 34.4 Å². The van der Waals surface area contributed by atoms with E-state index in [0.29, 0.717) is 39.3 Å². The summed E-state index contributed by atoms with van der Waals surface area (Å²) in [5, 5.41) is 24.8. The summed E-state index contributed by atoms with van der Waals surface area (Å²) in [4.78, 5) is 37.2. The summed E-state index contributed by atoms with van der Waals surface area (Å²) in [6.45, 7) is 0. The number of para-hydroxylation sites is 4. The molecule has 137 heavy (non-hydrogen) atoms. The van der Waals surface area contributed by atoms with Gasteiger partial charge in [0.25, 0.3) is 0 Å². The summed E-state index contributed by atoms with van der Waals surface area (Å²) in [7, 11) is 0. The molecule has 13 heterocycles. The van der Waals surface area contributed by atoms with Crippen molar-refractivity contribution in [3.8, 4) is 51.6 Å². The van der Waals surface area contributed by atoms with Crippen LogP contribution in [0.5, 0.6) is 0 Å². The number of hydrogen-bond acceptors (Lipinski definition) is 14. The van der Waals surface area contributed by atoms with Gasteiger partial charge in [0.15, 0.2) is 5.58 Å². The molecule has 10 nitrogen and oxygen atoms in total. The van der Waals surface area contributed by atoms with E-state index in [0.717, 1.165) is 114 Å². The van der Waals surface area contributed by atoms with Crippen molar-refractivity contribution in [3.05, 3.63) is 394 Å². The number of fused-ring (bicyclic) bond motifs is 41. The monoisotopic (exact) mass is 1880 g/mol. The third kappa shape index (κ3) is 11.6. The maximum atomic E-state index is 8.92. The van der Waals surface area contributed by atoms with Gasteiger partial charge in [-0.15, -0.1) is 56.7 Å². The zero-order chi connectivity index (χ0) is 93.7. The lowest BCUT2D eigenvalue weighted by atomic mass is 10.00. The lowest BCUT2D eigenvalue weighted by Gasteiger charge is -2.21. The van der Waals surface area contributed by atoms with E-state index in [-0.39, 0.29) is 17.6 Å². The molecule has 1 aliphatic heterocycles. The molecule has 0 saturated carbocycles. The number of aromatic nitrogens is 9. The highest BCUT2D eigenvalue weighted by molar-refractivity contribution is 8.05. The van der Waals surface area contributed by atoms with Crippen LogP contribution in [-0.4, -0.2) is 43.6 Å². The fourth-order valence-electron chi connectivity index (χ4n) is 21.3. The second kappa shape index (κ2) is 30.4. The smallest absolute Gasteiger partial charge is 0.236 e. The molecule has 17 heteroatoms. The van der Waals surface area contributed by atoms with Gasteiger partial charge < -0.3 is 4.42 Å². The average molecular weight is 1880 g/mol. The van der Waals surface area contributed by atoms with Gasteiger partial charge in [0, 0.05) is 171 Å². The molecule has 0 spiro atoms. The zero-order valence-corrected chi connectivity index (χ0v) is 77.6. The minimum Gasteiger partial charge on any atom is -0.452 e. The highest BCUT2D eigenvalue weighted by Crippen LogP contribution is 2.57. The third-order valence-electron chi connectivity index (χ3n) is 27.0. The highest BCUT2D eigenvalue weighted by Gasteiger charge is 2.32. The summed E-state index contributed by atoms with van der Waals surface area (Å²) < 4.78 is 68.0. The maximum absolute atomic E-state index is 8.92. The van der Waals surface area contributed by atoms with Crippen molar-refractivity contribution < 1.29 is 11.3 Å². The van der Waals surface area contributed by atoms with Crippen molar-refractivity contribution in [2.24, 2.45) is 0 Å². The summed E-state index contributed by atoms with van der Waals surface area (Å²) >= 11 is 12.4. The molecule has 0 saturated heterocycles. The first kappa shape index (κ1) is 72.7. The number of rotatable bonds is 6. The largest absolute Gasteiger partial charge is 0.452 e. The SMILES string of the molecule is [2H]c1c([2H])c([2H])c(-c2nc(-n3c4ccccc4c4c5ccccc5c5sc6ccccc6c5c43)nc3c2sc2ccccc23)c([2H])c1[2H].c1ccc(-c2nc(-n3c4ccccc4c4c5ccccc5c5sc6ccccc6c5c43)nc3c2sc2ccccc23)cc1.c1ccc2c(c1)Sc1cccc(-c3nc(-n4c5ccccc5c5c6ccccc6c6sc7ccccc7c6c54)nc4c3oc3ccccc34)c1S2. The number of thiophene rings is 5. The molecule has 0 fully saturated rings. The van der Waals surface area contributed by atoms with Gasteiger partial charge in [-0.3, -0.25) is 13.7 Å². The Morgan fingerprint density at radius 1 is 0.234 bits per heavy atom. The highest BCUT2D eigenvalue weighted by atomic mass is 32.2. The summed E-state index contributed by atoms with van der Waals surface area (Å²) in [6, 6.07) is 127.